The fraction of sp³-hybridized carbons (Fsp3) is 0.600. The van der Waals surface area contributed by atoms with Gasteiger partial charge in [-0.2, -0.15) is 0 Å². The summed E-state index contributed by atoms with van der Waals surface area (Å²) in [7, 11) is 0. The van der Waals surface area contributed by atoms with Crippen LogP contribution >= 0.6 is 0 Å². The molecule has 0 aromatic heterocycles. The normalized spacial score (nSPS) is 23.7. The minimum Gasteiger partial charge on any atom is -0.341 e. The summed E-state index contributed by atoms with van der Waals surface area (Å²) in [6.45, 7) is 3.80. The lowest BCUT2D eigenvalue weighted by atomic mass is 10.1. The lowest BCUT2D eigenvalue weighted by Gasteiger charge is -2.30. The van der Waals surface area contributed by atoms with Crippen LogP contribution in [0.15, 0.2) is 30.3 Å². The van der Waals surface area contributed by atoms with E-state index in [1.54, 1.807) is 0 Å². The Bertz CT molecular complexity index is 566. The van der Waals surface area contributed by atoms with Gasteiger partial charge in [0.1, 0.15) is 6.04 Å². The first-order valence-corrected chi connectivity index (χ1v) is 9.30. The van der Waals surface area contributed by atoms with Gasteiger partial charge in [-0.1, -0.05) is 30.3 Å². The lowest BCUT2D eigenvalue weighted by Crippen LogP contribution is -2.49. The second-order valence-corrected chi connectivity index (χ2v) is 7.11. The van der Waals surface area contributed by atoms with E-state index in [0.717, 1.165) is 51.6 Å². The van der Waals surface area contributed by atoms with Crippen LogP contribution in [0.5, 0.6) is 0 Å². The van der Waals surface area contributed by atoms with E-state index < -0.39 is 0 Å². The molecule has 2 saturated heterocycles. The molecule has 2 atom stereocenters. The first-order valence-electron chi connectivity index (χ1n) is 9.30. The van der Waals surface area contributed by atoms with Crippen LogP contribution < -0.4 is 0 Å². The molecule has 1 aromatic carbocycles. The van der Waals surface area contributed by atoms with Crippen LogP contribution in [0.2, 0.25) is 0 Å². The van der Waals surface area contributed by atoms with Gasteiger partial charge in [-0.05, 0) is 51.0 Å². The molecule has 3 rings (SSSR count). The minimum absolute atomic E-state index is 0.147. The number of aryl methyl sites for hydroxylation is 1. The molecule has 4 nitrogen and oxygen atoms in total. The summed E-state index contributed by atoms with van der Waals surface area (Å²) >= 11 is 0. The number of rotatable bonds is 5. The Balaban J connectivity index is 1.56. The zero-order chi connectivity index (χ0) is 16.9. The van der Waals surface area contributed by atoms with Gasteiger partial charge in [-0.25, -0.2) is 0 Å². The molecule has 4 heteroatoms. The molecule has 0 bridgehead atoms. The van der Waals surface area contributed by atoms with E-state index in [4.69, 9.17) is 0 Å². The van der Waals surface area contributed by atoms with Crippen LogP contribution in [0.1, 0.15) is 51.0 Å². The summed E-state index contributed by atoms with van der Waals surface area (Å²) in [5, 5.41) is 0. The zero-order valence-corrected chi connectivity index (χ0v) is 14.6. The lowest BCUT2D eigenvalue weighted by molar-refractivity contribution is -0.144. The summed E-state index contributed by atoms with van der Waals surface area (Å²) in [5.74, 6) is 0.321. The third-order valence-corrected chi connectivity index (χ3v) is 5.36. The Morgan fingerprint density at radius 3 is 2.50 bits per heavy atom. The Labute approximate surface area is 144 Å². The molecule has 2 aliphatic rings. The molecule has 2 amide bonds. The fourth-order valence-electron chi connectivity index (χ4n) is 4.01. The summed E-state index contributed by atoms with van der Waals surface area (Å²) in [5.41, 5.74) is 1.27. The first-order chi connectivity index (χ1) is 11.7. The largest absolute Gasteiger partial charge is 0.341 e. The Kier molecular flexibility index (Phi) is 5.54. The van der Waals surface area contributed by atoms with Crippen molar-refractivity contribution >= 4 is 11.8 Å². The van der Waals surface area contributed by atoms with E-state index in [-0.39, 0.29) is 23.9 Å². The highest BCUT2D eigenvalue weighted by atomic mass is 16.2. The first kappa shape index (κ1) is 17.0. The van der Waals surface area contributed by atoms with Gasteiger partial charge in [0.05, 0.1) is 0 Å². The molecule has 1 aromatic rings. The molecule has 130 valence electrons. The fourth-order valence-corrected chi connectivity index (χ4v) is 4.01. The van der Waals surface area contributed by atoms with Gasteiger partial charge in [0, 0.05) is 25.6 Å². The van der Waals surface area contributed by atoms with Crippen LogP contribution in [0, 0.1) is 0 Å². The smallest absolute Gasteiger partial charge is 0.245 e. The number of likely N-dealkylation sites (tertiary alicyclic amines) is 2. The molecule has 0 unspecified atom stereocenters. The van der Waals surface area contributed by atoms with Crippen molar-refractivity contribution in [2.75, 3.05) is 13.1 Å². The van der Waals surface area contributed by atoms with Gasteiger partial charge < -0.3 is 9.80 Å². The van der Waals surface area contributed by atoms with Gasteiger partial charge in [0.25, 0.3) is 0 Å². The zero-order valence-electron chi connectivity index (χ0n) is 14.6. The predicted octanol–water partition coefficient (Wildman–Crippen LogP) is 3.01. The molecule has 0 N–H and O–H groups in total. The van der Waals surface area contributed by atoms with Crippen LogP contribution in [-0.4, -0.2) is 46.8 Å². The molecule has 24 heavy (non-hydrogen) atoms. The topological polar surface area (TPSA) is 40.6 Å². The van der Waals surface area contributed by atoms with Crippen LogP contribution in [0.4, 0.5) is 0 Å². The summed E-state index contributed by atoms with van der Waals surface area (Å²) < 4.78 is 0. The van der Waals surface area contributed by atoms with Crippen molar-refractivity contribution in [3.8, 4) is 0 Å². The molecule has 2 aliphatic heterocycles. The maximum Gasteiger partial charge on any atom is 0.245 e. The molecule has 0 radical (unpaired) electrons. The minimum atomic E-state index is -0.220. The molecular weight excluding hydrogens is 300 g/mol. The van der Waals surface area contributed by atoms with E-state index >= 15 is 0 Å². The van der Waals surface area contributed by atoms with Crippen molar-refractivity contribution in [1.82, 2.24) is 9.80 Å². The Hall–Kier alpha value is -1.84. The third-order valence-electron chi connectivity index (χ3n) is 5.36. The molecule has 2 fully saturated rings. The van der Waals surface area contributed by atoms with Gasteiger partial charge >= 0.3 is 0 Å². The molecule has 0 aliphatic carbocycles. The van der Waals surface area contributed by atoms with Gasteiger partial charge in [0.15, 0.2) is 0 Å². The van der Waals surface area contributed by atoms with Gasteiger partial charge in [-0.3, -0.25) is 9.59 Å². The van der Waals surface area contributed by atoms with Crippen LogP contribution in [0.25, 0.3) is 0 Å². The van der Waals surface area contributed by atoms with E-state index in [2.05, 4.69) is 19.1 Å². The van der Waals surface area contributed by atoms with Crippen molar-refractivity contribution in [1.29, 1.82) is 0 Å². The number of carbonyl (C=O) groups is 2. The average Bonchev–Trinajstić information content (AvgIpc) is 3.25. The van der Waals surface area contributed by atoms with Crippen molar-refractivity contribution in [3.05, 3.63) is 35.9 Å². The molecular formula is C20H28N2O2. The second-order valence-electron chi connectivity index (χ2n) is 7.11. The standard InChI is InChI=1S/C20H28N2O2/c1-16-12-13-18(20(24)21-14-5-6-15-21)22(16)19(23)11-7-10-17-8-3-2-4-9-17/h2-4,8-9,16,18H,5-7,10-15H2,1H3/t16-,18-/m0/s1. The number of amides is 2. The second kappa shape index (κ2) is 7.82. The van der Waals surface area contributed by atoms with Gasteiger partial charge in [-0.15, -0.1) is 0 Å². The highest BCUT2D eigenvalue weighted by Crippen LogP contribution is 2.27. The Morgan fingerprint density at radius 2 is 1.79 bits per heavy atom. The highest BCUT2D eigenvalue weighted by Gasteiger charge is 2.40. The summed E-state index contributed by atoms with van der Waals surface area (Å²) in [6.07, 6.45) is 6.24. The molecule has 0 saturated carbocycles. The average molecular weight is 328 g/mol. The maximum atomic E-state index is 12.7. The number of hydrogen-bond donors (Lipinski definition) is 0. The number of benzene rings is 1. The van der Waals surface area contributed by atoms with E-state index in [9.17, 15) is 9.59 Å². The summed E-state index contributed by atoms with van der Waals surface area (Å²) in [6, 6.07) is 10.2. The van der Waals surface area contributed by atoms with Crippen LogP contribution in [-0.2, 0) is 16.0 Å². The quantitative estimate of drug-likeness (QED) is 0.833. The predicted molar refractivity (Wildman–Crippen MR) is 94.5 cm³/mol. The third kappa shape index (κ3) is 3.80. The van der Waals surface area contributed by atoms with E-state index in [0.29, 0.717) is 6.42 Å². The van der Waals surface area contributed by atoms with E-state index in [1.165, 1.54) is 5.56 Å². The molecule has 2 heterocycles. The highest BCUT2D eigenvalue weighted by molar-refractivity contribution is 5.88. The number of nitrogens with zero attached hydrogens (tertiary/aromatic N) is 2. The van der Waals surface area contributed by atoms with Crippen molar-refractivity contribution in [2.45, 2.75) is 64.0 Å². The summed E-state index contributed by atoms with van der Waals surface area (Å²) in [4.78, 5) is 29.3. The maximum absolute atomic E-state index is 12.7. The van der Waals surface area contributed by atoms with E-state index in [1.807, 2.05) is 28.0 Å². The SMILES string of the molecule is C[C@H]1CC[C@@H](C(=O)N2CCCC2)N1C(=O)CCCc1ccccc1. The van der Waals surface area contributed by atoms with Crippen molar-refractivity contribution < 1.29 is 9.59 Å². The van der Waals surface area contributed by atoms with Crippen LogP contribution in [0.3, 0.4) is 0 Å². The van der Waals surface area contributed by atoms with Crippen molar-refractivity contribution in [2.24, 2.45) is 0 Å². The number of hydrogen-bond acceptors (Lipinski definition) is 2. The Morgan fingerprint density at radius 1 is 1.08 bits per heavy atom. The van der Waals surface area contributed by atoms with Crippen molar-refractivity contribution in [3.63, 3.8) is 0 Å². The molecule has 0 spiro atoms. The number of carbonyl (C=O) groups excluding carboxylic acids is 2. The van der Waals surface area contributed by atoms with Gasteiger partial charge in [0.2, 0.25) is 11.8 Å². The monoisotopic (exact) mass is 328 g/mol.